The number of hydrogen-bond donors (Lipinski definition) is 0. The summed E-state index contributed by atoms with van der Waals surface area (Å²) in [6.07, 6.45) is 2.60. The molecule has 0 fully saturated rings. The van der Waals surface area contributed by atoms with E-state index in [-0.39, 0.29) is 0 Å². The summed E-state index contributed by atoms with van der Waals surface area (Å²) in [7, 11) is 2.04. The molecule has 7 nitrogen and oxygen atoms in total. The van der Waals surface area contributed by atoms with Crippen molar-refractivity contribution in [3.05, 3.63) is 41.7 Å². The first-order chi connectivity index (χ1) is 11.1. The molecule has 0 spiro atoms. The van der Waals surface area contributed by atoms with Crippen LogP contribution in [0.1, 0.15) is 23.7 Å². The van der Waals surface area contributed by atoms with Gasteiger partial charge in [-0.2, -0.15) is 5.10 Å². The largest absolute Gasteiger partial charge is 0.459 e. The van der Waals surface area contributed by atoms with Crippen molar-refractivity contribution in [1.29, 1.82) is 0 Å². The van der Waals surface area contributed by atoms with Crippen LogP contribution in [0.4, 0.5) is 0 Å². The van der Waals surface area contributed by atoms with Crippen molar-refractivity contribution in [2.75, 3.05) is 13.6 Å². The number of nitrogens with zero attached hydrogens (tertiary/aromatic N) is 5. The average Bonchev–Trinajstić information content (AvgIpc) is 3.21. The van der Waals surface area contributed by atoms with E-state index in [0.717, 1.165) is 25.2 Å². The van der Waals surface area contributed by atoms with Gasteiger partial charge in [-0.25, -0.2) is 0 Å². The van der Waals surface area contributed by atoms with Crippen molar-refractivity contribution in [1.82, 2.24) is 24.9 Å². The normalized spacial score (nSPS) is 11.5. The summed E-state index contributed by atoms with van der Waals surface area (Å²) in [5.74, 6) is 1.60. The lowest BCUT2D eigenvalue weighted by Gasteiger charge is -2.14. The predicted octanol–water partition coefficient (Wildman–Crippen LogP) is 2.67. The van der Waals surface area contributed by atoms with E-state index in [0.29, 0.717) is 24.1 Å². The standard InChI is InChI=1S/C16H21N5O2/c1-12-10-13(2)21(19-12)8-5-7-20(3)11-15-17-18-16(23-15)14-6-4-9-22-14/h4,6,9-10H,5,7-8,11H2,1-3H3. The Morgan fingerprint density at radius 2 is 2.13 bits per heavy atom. The van der Waals surface area contributed by atoms with Gasteiger partial charge in [-0.05, 0) is 45.5 Å². The van der Waals surface area contributed by atoms with E-state index in [2.05, 4.69) is 33.2 Å². The summed E-state index contributed by atoms with van der Waals surface area (Å²) in [5, 5.41) is 12.5. The van der Waals surface area contributed by atoms with E-state index in [1.165, 1.54) is 5.69 Å². The Morgan fingerprint density at radius 1 is 1.26 bits per heavy atom. The van der Waals surface area contributed by atoms with E-state index < -0.39 is 0 Å². The molecule has 0 aliphatic rings. The average molecular weight is 315 g/mol. The van der Waals surface area contributed by atoms with Crippen LogP contribution in [-0.2, 0) is 13.1 Å². The van der Waals surface area contributed by atoms with Crippen LogP contribution < -0.4 is 0 Å². The van der Waals surface area contributed by atoms with Crippen LogP contribution in [0.2, 0.25) is 0 Å². The smallest absolute Gasteiger partial charge is 0.283 e. The van der Waals surface area contributed by atoms with Crippen LogP contribution >= 0.6 is 0 Å². The highest BCUT2D eigenvalue weighted by atomic mass is 16.4. The summed E-state index contributed by atoms with van der Waals surface area (Å²) < 4.78 is 12.9. The maximum atomic E-state index is 5.61. The fourth-order valence-electron chi connectivity index (χ4n) is 2.52. The Kier molecular flexibility index (Phi) is 4.57. The van der Waals surface area contributed by atoms with E-state index in [4.69, 9.17) is 8.83 Å². The Hall–Kier alpha value is -2.41. The van der Waals surface area contributed by atoms with Crippen molar-refractivity contribution >= 4 is 0 Å². The second-order valence-corrected chi connectivity index (χ2v) is 5.72. The van der Waals surface area contributed by atoms with Gasteiger partial charge in [0.25, 0.3) is 5.89 Å². The summed E-state index contributed by atoms with van der Waals surface area (Å²) in [6, 6.07) is 5.69. The molecule has 0 aliphatic carbocycles. The van der Waals surface area contributed by atoms with Gasteiger partial charge >= 0.3 is 0 Å². The third-order valence-corrected chi connectivity index (χ3v) is 3.62. The lowest BCUT2D eigenvalue weighted by Crippen LogP contribution is -2.21. The van der Waals surface area contributed by atoms with Crippen LogP contribution in [0.25, 0.3) is 11.7 Å². The third kappa shape index (κ3) is 3.87. The van der Waals surface area contributed by atoms with Crippen LogP contribution in [0.3, 0.4) is 0 Å². The van der Waals surface area contributed by atoms with Crippen LogP contribution in [0.15, 0.2) is 33.3 Å². The Balaban J connectivity index is 1.48. The van der Waals surface area contributed by atoms with E-state index in [1.807, 2.05) is 18.7 Å². The SMILES string of the molecule is Cc1cc(C)n(CCCN(C)Cc2nnc(-c3ccco3)o2)n1. The molecule has 0 aliphatic heterocycles. The number of rotatable bonds is 7. The minimum Gasteiger partial charge on any atom is -0.459 e. The molecule has 0 N–H and O–H groups in total. The molecule has 3 heterocycles. The number of hydrogen-bond acceptors (Lipinski definition) is 6. The maximum absolute atomic E-state index is 5.61. The Labute approximate surface area is 134 Å². The molecular weight excluding hydrogens is 294 g/mol. The maximum Gasteiger partial charge on any atom is 0.283 e. The molecule has 0 saturated carbocycles. The van der Waals surface area contributed by atoms with Gasteiger partial charge in [0.1, 0.15) is 0 Å². The van der Waals surface area contributed by atoms with Gasteiger partial charge in [-0.1, -0.05) is 0 Å². The Bertz CT molecular complexity index is 744. The molecule has 7 heteroatoms. The van der Waals surface area contributed by atoms with E-state index in [1.54, 1.807) is 18.4 Å². The minimum absolute atomic E-state index is 0.418. The first kappa shape index (κ1) is 15.5. The first-order valence-electron chi connectivity index (χ1n) is 7.67. The molecule has 3 aromatic heterocycles. The molecule has 0 amide bonds. The number of aromatic nitrogens is 4. The van der Waals surface area contributed by atoms with E-state index >= 15 is 0 Å². The van der Waals surface area contributed by atoms with Gasteiger partial charge in [0.2, 0.25) is 5.89 Å². The quantitative estimate of drug-likeness (QED) is 0.667. The molecule has 3 rings (SSSR count). The van der Waals surface area contributed by atoms with Crippen LogP contribution in [0, 0.1) is 13.8 Å². The topological polar surface area (TPSA) is 73.1 Å². The zero-order valence-corrected chi connectivity index (χ0v) is 13.7. The highest BCUT2D eigenvalue weighted by Crippen LogP contribution is 2.18. The summed E-state index contributed by atoms with van der Waals surface area (Å²) in [4.78, 5) is 2.16. The monoisotopic (exact) mass is 315 g/mol. The summed E-state index contributed by atoms with van der Waals surface area (Å²) >= 11 is 0. The fourth-order valence-corrected chi connectivity index (χ4v) is 2.52. The first-order valence-corrected chi connectivity index (χ1v) is 7.67. The van der Waals surface area contributed by atoms with Crippen molar-refractivity contribution < 1.29 is 8.83 Å². The molecule has 0 aromatic carbocycles. The Morgan fingerprint density at radius 3 is 2.83 bits per heavy atom. The van der Waals surface area contributed by atoms with Gasteiger partial charge in [-0.15, -0.1) is 10.2 Å². The molecule has 23 heavy (non-hydrogen) atoms. The molecular formula is C16H21N5O2. The lowest BCUT2D eigenvalue weighted by atomic mass is 10.3. The second kappa shape index (κ2) is 6.78. The minimum atomic E-state index is 0.418. The third-order valence-electron chi connectivity index (χ3n) is 3.62. The molecule has 122 valence electrons. The van der Waals surface area contributed by atoms with Gasteiger partial charge in [0, 0.05) is 18.8 Å². The fraction of sp³-hybridized carbons (Fsp3) is 0.438. The molecule has 0 radical (unpaired) electrons. The van der Waals surface area contributed by atoms with Crippen LogP contribution in [-0.4, -0.2) is 38.5 Å². The highest BCUT2D eigenvalue weighted by molar-refractivity contribution is 5.42. The predicted molar refractivity (Wildman–Crippen MR) is 84.7 cm³/mol. The molecule has 0 bridgehead atoms. The van der Waals surface area contributed by atoms with Crippen LogP contribution in [0.5, 0.6) is 0 Å². The lowest BCUT2D eigenvalue weighted by molar-refractivity contribution is 0.278. The summed E-state index contributed by atoms with van der Waals surface area (Å²) in [5.41, 5.74) is 2.26. The van der Waals surface area contributed by atoms with Crippen molar-refractivity contribution in [3.63, 3.8) is 0 Å². The van der Waals surface area contributed by atoms with Crippen molar-refractivity contribution in [2.45, 2.75) is 33.4 Å². The zero-order valence-electron chi connectivity index (χ0n) is 13.7. The molecule has 3 aromatic rings. The molecule has 0 unspecified atom stereocenters. The zero-order chi connectivity index (χ0) is 16.2. The van der Waals surface area contributed by atoms with Gasteiger partial charge in [0.15, 0.2) is 5.76 Å². The second-order valence-electron chi connectivity index (χ2n) is 5.72. The van der Waals surface area contributed by atoms with Crippen molar-refractivity contribution in [2.24, 2.45) is 0 Å². The van der Waals surface area contributed by atoms with Gasteiger partial charge in [-0.3, -0.25) is 9.58 Å². The van der Waals surface area contributed by atoms with Crippen molar-refractivity contribution in [3.8, 4) is 11.7 Å². The van der Waals surface area contributed by atoms with Gasteiger partial charge in [0.05, 0.1) is 18.5 Å². The molecule has 0 atom stereocenters. The van der Waals surface area contributed by atoms with Gasteiger partial charge < -0.3 is 8.83 Å². The highest BCUT2D eigenvalue weighted by Gasteiger charge is 2.12. The number of furan rings is 1. The molecule has 0 saturated heterocycles. The van der Waals surface area contributed by atoms with E-state index in [9.17, 15) is 0 Å². The number of aryl methyl sites for hydroxylation is 3. The summed E-state index contributed by atoms with van der Waals surface area (Å²) in [6.45, 7) is 6.55.